The Labute approximate surface area is 118 Å². The Balaban J connectivity index is 2.37. The van der Waals surface area contributed by atoms with Crippen molar-refractivity contribution in [1.29, 1.82) is 0 Å². The predicted octanol–water partition coefficient (Wildman–Crippen LogP) is 2.98. The summed E-state index contributed by atoms with van der Waals surface area (Å²) in [6.07, 6.45) is 0. The molecule has 0 aliphatic rings. The van der Waals surface area contributed by atoms with E-state index in [0.717, 1.165) is 0 Å². The molecule has 0 unspecified atom stereocenters. The van der Waals surface area contributed by atoms with E-state index in [1.165, 1.54) is 0 Å². The number of carbonyl (C=O) groups is 1. The molecule has 0 fully saturated rings. The standard InChI is InChI=1S/C16H17NO3/c1-17(16(18)12-7-5-4-6-8-12)14-11-13(19-2)9-10-15(14)20-3/h4-11H,1-3H3. The van der Waals surface area contributed by atoms with Crippen LogP contribution in [0.5, 0.6) is 11.5 Å². The number of carbonyl (C=O) groups excluding carboxylic acids is 1. The molecule has 0 radical (unpaired) electrons. The van der Waals surface area contributed by atoms with Gasteiger partial charge in [-0.1, -0.05) is 18.2 Å². The van der Waals surface area contributed by atoms with Gasteiger partial charge in [0.2, 0.25) is 0 Å². The first-order chi connectivity index (χ1) is 9.67. The number of amides is 1. The molecule has 20 heavy (non-hydrogen) atoms. The highest BCUT2D eigenvalue weighted by Gasteiger charge is 2.17. The van der Waals surface area contributed by atoms with Crippen molar-refractivity contribution in [3.63, 3.8) is 0 Å². The lowest BCUT2D eigenvalue weighted by atomic mass is 10.2. The Morgan fingerprint density at radius 1 is 1.00 bits per heavy atom. The topological polar surface area (TPSA) is 38.8 Å². The minimum Gasteiger partial charge on any atom is -0.497 e. The number of anilines is 1. The van der Waals surface area contributed by atoms with Gasteiger partial charge in [0.1, 0.15) is 11.5 Å². The van der Waals surface area contributed by atoms with Gasteiger partial charge in [0, 0.05) is 18.7 Å². The molecular weight excluding hydrogens is 254 g/mol. The second-order valence-corrected chi connectivity index (χ2v) is 4.27. The van der Waals surface area contributed by atoms with Gasteiger partial charge in [-0.05, 0) is 24.3 Å². The molecule has 2 aromatic carbocycles. The molecule has 4 nitrogen and oxygen atoms in total. The zero-order chi connectivity index (χ0) is 14.5. The van der Waals surface area contributed by atoms with Crippen LogP contribution in [0.3, 0.4) is 0 Å². The van der Waals surface area contributed by atoms with Gasteiger partial charge < -0.3 is 14.4 Å². The maximum atomic E-state index is 12.4. The fourth-order valence-electron chi connectivity index (χ4n) is 1.94. The van der Waals surface area contributed by atoms with Gasteiger partial charge in [-0.25, -0.2) is 0 Å². The third-order valence-electron chi connectivity index (χ3n) is 3.07. The summed E-state index contributed by atoms with van der Waals surface area (Å²) in [7, 11) is 4.88. The van der Waals surface area contributed by atoms with Crippen molar-refractivity contribution in [2.24, 2.45) is 0 Å². The molecule has 2 aromatic rings. The molecule has 0 N–H and O–H groups in total. The fourth-order valence-corrected chi connectivity index (χ4v) is 1.94. The highest BCUT2D eigenvalue weighted by Crippen LogP contribution is 2.32. The minimum atomic E-state index is -0.0999. The first-order valence-electron chi connectivity index (χ1n) is 6.22. The van der Waals surface area contributed by atoms with Crippen LogP contribution in [0.2, 0.25) is 0 Å². The van der Waals surface area contributed by atoms with Crippen LogP contribution in [0.4, 0.5) is 5.69 Å². The zero-order valence-electron chi connectivity index (χ0n) is 11.8. The van der Waals surface area contributed by atoms with E-state index in [-0.39, 0.29) is 5.91 Å². The van der Waals surface area contributed by atoms with Crippen molar-refractivity contribution < 1.29 is 14.3 Å². The molecule has 104 valence electrons. The summed E-state index contributed by atoms with van der Waals surface area (Å²) < 4.78 is 10.5. The molecule has 0 aliphatic heterocycles. The number of ether oxygens (including phenoxy) is 2. The number of methoxy groups -OCH3 is 2. The van der Waals surface area contributed by atoms with Crippen molar-refractivity contribution in [2.45, 2.75) is 0 Å². The normalized spacial score (nSPS) is 9.95. The Bertz CT molecular complexity index is 596. The van der Waals surface area contributed by atoms with Crippen LogP contribution in [0.25, 0.3) is 0 Å². The number of benzene rings is 2. The van der Waals surface area contributed by atoms with Crippen LogP contribution < -0.4 is 14.4 Å². The summed E-state index contributed by atoms with van der Waals surface area (Å²) >= 11 is 0. The van der Waals surface area contributed by atoms with Crippen LogP contribution in [0.1, 0.15) is 10.4 Å². The van der Waals surface area contributed by atoms with E-state index in [1.54, 1.807) is 56.5 Å². The van der Waals surface area contributed by atoms with E-state index in [2.05, 4.69) is 0 Å². The van der Waals surface area contributed by atoms with E-state index >= 15 is 0 Å². The molecule has 4 heteroatoms. The van der Waals surface area contributed by atoms with Gasteiger partial charge in [0.05, 0.1) is 19.9 Å². The minimum absolute atomic E-state index is 0.0999. The largest absolute Gasteiger partial charge is 0.497 e. The quantitative estimate of drug-likeness (QED) is 0.858. The van der Waals surface area contributed by atoms with Crippen molar-refractivity contribution in [1.82, 2.24) is 0 Å². The molecule has 2 rings (SSSR count). The number of rotatable bonds is 4. The van der Waals surface area contributed by atoms with Crippen LogP contribution in [0, 0.1) is 0 Å². The fraction of sp³-hybridized carbons (Fsp3) is 0.188. The average molecular weight is 271 g/mol. The maximum Gasteiger partial charge on any atom is 0.258 e. The van der Waals surface area contributed by atoms with Crippen LogP contribution in [-0.4, -0.2) is 27.2 Å². The highest BCUT2D eigenvalue weighted by molar-refractivity contribution is 6.06. The van der Waals surface area contributed by atoms with Gasteiger partial charge in [0.25, 0.3) is 5.91 Å². The van der Waals surface area contributed by atoms with Crippen LogP contribution in [0.15, 0.2) is 48.5 Å². The van der Waals surface area contributed by atoms with Crippen LogP contribution in [-0.2, 0) is 0 Å². The maximum absolute atomic E-state index is 12.4. The summed E-state index contributed by atoms with van der Waals surface area (Å²) in [5.74, 6) is 1.20. The SMILES string of the molecule is COc1ccc(OC)c(N(C)C(=O)c2ccccc2)c1. The summed E-state index contributed by atoms with van der Waals surface area (Å²) in [6.45, 7) is 0. The van der Waals surface area contributed by atoms with E-state index in [1.807, 2.05) is 18.2 Å². The Morgan fingerprint density at radius 3 is 2.30 bits per heavy atom. The molecule has 0 aliphatic carbocycles. The molecule has 0 bridgehead atoms. The second kappa shape index (κ2) is 6.10. The molecule has 0 heterocycles. The summed E-state index contributed by atoms with van der Waals surface area (Å²) in [5, 5.41) is 0. The molecule has 0 atom stereocenters. The van der Waals surface area contributed by atoms with E-state index < -0.39 is 0 Å². The zero-order valence-corrected chi connectivity index (χ0v) is 11.8. The number of nitrogens with zero attached hydrogens (tertiary/aromatic N) is 1. The lowest BCUT2D eigenvalue weighted by Crippen LogP contribution is -2.26. The lowest BCUT2D eigenvalue weighted by Gasteiger charge is -2.20. The second-order valence-electron chi connectivity index (χ2n) is 4.27. The van der Waals surface area contributed by atoms with E-state index in [9.17, 15) is 4.79 Å². The summed E-state index contributed by atoms with van der Waals surface area (Å²) in [5.41, 5.74) is 1.29. The molecule has 0 saturated carbocycles. The molecule has 1 amide bonds. The van der Waals surface area contributed by atoms with Gasteiger partial charge in [-0.3, -0.25) is 4.79 Å². The smallest absolute Gasteiger partial charge is 0.258 e. The van der Waals surface area contributed by atoms with Crippen molar-refractivity contribution in [3.05, 3.63) is 54.1 Å². The van der Waals surface area contributed by atoms with Gasteiger partial charge in [-0.2, -0.15) is 0 Å². The summed E-state index contributed by atoms with van der Waals surface area (Å²) in [6, 6.07) is 14.5. The number of hydrogen-bond donors (Lipinski definition) is 0. The van der Waals surface area contributed by atoms with Crippen molar-refractivity contribution in [3.8, 4) is 11.5 Å². The highest BCUT2D eigenvalue weighted by atomic mass is 16.5. The van der Waals surface area contributed by atoms with Crippen LogP contribution >= 0.6 is 0 Å². The average Bonchev–Trinajstić information content (AvgIpc) is 2.53. The Kier molecular flexibility index (Phi) is 4.25. The summed E-state index contributed by atoms with van der Waals surface area (Å²) in [4.78, 5) is 14.0. The third kappa shape index (κ3) is 2.74. The Morgan fingerprint density at radius 2 is 1.70 bits per heavy atom. The molecular formula is C16H17NO3. The van der Waals surface area contributed by atoms with E-state index in [4.69, 9.17) is 9.47 Å². The lowest BCUT2D eigenvalue weighted by molar-refractivity contribution is 0.0992. The first kappa shape index (κ1) is 13.9. The third-order valence-corrected chi connectivity index (χ3v) is 3.07. The Hall–Kier alpha value is -2.49. The van der Waals surface area contributed by atoms with Gasteiger partial charge in [0.15, 0.2) is 0 Å². The molecule has 0 spiro atoms. The monoisotopic (exact) mass is 271 g/mol. The van der Waals surface area contributed by atoms with Gasteiger partial charge >= 0.3 is 0 Å². The molecule has 0 aromatic heterocycles. The van der Waals surface area contributed by atoms with Crippen molar-refractivity contribution in [2.75, 3.05) is 26.2 Å². The number of hydrogen-bond acceptors (Lipinski definition) is 3. The molecule has 0 saturated heterocycles. The van der Waals surface area contributed by atoms with Gasteiger partial charge in [-0.15, -0.1) is 0 Å². The predicted molar refractivity (Wildman–Crippen MR) is 78.7 cm³/mol. The van der Waals surface area contributed by atoms with E-state index in [0.29, 0.717) is 22.7 Å². The van der Waals surface area contributed by atoms with Crippen molar-refractivity contribution >= 4 is 11.6 Å². The first-order valence-corrected chi connectivity index (χ1v) is 6.22.